The molecule has 0 radical (unpaired) electrons. The molecular formula is C21H35N5OS. The lowest BCUT2D eigenvalue weighted by atomic mass is 10.1. The summed E-state index contributed by atoms with van der Waals surface area (Å²) in [5, 5.41) is 5.69. The number of piperidine rings is 1. The maximum Gasteiger partial charge on any atom is 0.236 e. The summed E-state index contributed by atoms with van der Waals surface area (Å²) in [5.74, 6) is 1.86. The monoisotopic (exact) mass is 405 g/mol. The molecule has 0 bridgehead atoms. The largest absolute Gasteiger partial charge is 0.356 e. The van der Waals surface area contributed by atoms with Gasteiger partial charge in [-0.05, 0) is 43.0 Å². The Hall–Kier alpha value is -1.60. The SMILES string of the molecule is CN=C(NCC(C)Cc1cccs1)N1CCN(CC(=O)N2CCCCC2)CC1. The topological polar surface area (TPSA) is 51.2 Å². The lowest BCUT2D eigenvalue weighted by molar-refractivity contribution is -0.133. The first-order chi connectivity index (χ1) is 13.7. The number of thiophene rings is 1. The summed E-state index contributed by atoms with van der Waals surface area (Å²) < 4.78 is 0. The second kappa shape index (κ2) is 10.8. The minimum atomic E-state index is 0.304. The van der Waals surface area contributed by atoms with Crippen LogP contribution in [0.5, 0.6) is 0 Å². The molecular weight excluding hydrogens is 370 g/mol. The normalized spacial score (nSPS) is 20.3. The standard InChI is InChI=1S/C21H35N5OS/c1-18(15-19-7-6-14-28-19)16-23-21(22-2)26-12-10-24(11-13-26)17-20(27)25-8-4-3-5-9-25/h6-7,14,18H,3-5,8-13,15-17H2,1-2H3,(H,22,23). The number of hydrogen-bond acceptors (Lipinski definition) is 4. The molecule has 3 heterocycles. The van der Waals surface area contributed by atoms with Gasteiger partial charge in [0.1, 0.15) is 0 Å². The van der Waals surface area contributed by atoms with E-state index in [1.54, 1.807) is 0 Å². The van der Waals surface area contributed by atoms with Gasteiger partial charge >= 0.3 is 0 Å². The van der Waals surface area contributed by atoms with Crippen molar-refractivity contribution in [1.82, 2.24) is 20.0 Å². The van der Waals surface area contributed by atoms with Crippen molar-refractivity contribution in [2.45, 2.75) is 32.6 Å². The van der Waals surface area contributed by atoms with Crippen LogP contribution in [0, 0.1) is 5.92 Å². The van der Waals surface area contributed by atoms with Crippen LogP contribution >= 0.6 is 11.3 Å². The smallest absolute Gasteiger partial charge is 0.236 e. The van der Waals surface area contributed by atoms with Crippen molar-refractivity contribution in [3.63, 3.8) is 0 Å². The van der Waals surface area contributed by atoms with E-state index in [2.05, 4.69) is 44.5 Å². The van der Waals surface area contributed by atoms with Gasteiger partial charge in [-0.15, -0.1) is 11.3 Å². The number of amides is 1. The van der Waals surface area contributed by atoms with E-state index in [0.717, 1.165) is 71.0 Å². The Morgan fingerprint density at radius 3 is 2.54 bits per heavy atom. The summed E-state index contributed by atoms with van der Waals surface area (Å²) in [6.07, 6.45) is 4.69. The van der Waals surface area contributed by atoms with Crippen LogP contribution in [0.2, 0.25) is 0 Å². The number of guanidine groups is 1. The van der Waals surface area contributed by atoms with Crippen LogP contribution in [0.3, 0.4) is 0 Å². The van der Waals surface area contributed by atoms with Gasteiger partial charge in [0, 0.05) is 57.7 Å². The van der Waals surface area contributed by atoms with Gasteiger partial charge in [-0.1, -0.05) is 13.0 Å². The van der Waals surface area contributed by atoms with Crippen molar-refractivity contribution in [3.05, 3.63) is 22.4 Å². The summed E-state index contributed by atoms with van der Waals surface area (Å²) in [7, 11) is 1.86. The molecule has 2 aliphatic heterocycles. The molecule has 1 atom stereocenters. The van der Waals surface area contributed by atoms with Crippen LogP contribution < -0.4 is 5.32 Å². The fourth-order valence-electron chi connectivity index (χ4n) is 3.99. The second-order valence-electron chi connectivity index (χ2n) is 8.02. The first-order valence-corrected chi connectivity index (χ1v) is 11.5. The lowest BCUT2D eigenvalue weighted by Crippen LogP contribution is -2.54. The molecule has 0 spiro atoms. The zero-order valence-corrected chi connectivity index (χ0v) is 18.2. The Morgan fingerprint density at radius 2 is 1.89 bits per heavy atom. The Balaban J connectivity index is 1.38. The second-order valence-corrected chi connectivity index (χ2v) is 9.05. The summed E-state index contributed by atoms with van der Waals surface area (Å²) in [6, 6.07) is 4.33. The third kappa shape index (κ3) is 6.21. The number of likely N-dealkylation sites (tertiary alicyclic amines) is 1. The van der Waals surface area contributed by atoms with E-state index in [1.165, 1.54) is 11.3 Å². The molecule has 2 fully saturated rings. The summed E-state index contributed by atoms with van der Waals surface area (Å²) in [4.78, 5) is 25.1. The molecule has 1 aromatic heterocycles. The first-order valence-electron chi connectivity index (χ1n) is 10.6. The number of hydrogen-bond donors (Lipinski definition) is 1. The number of nitrogens with zero attached hydrogens (tertiary/aromatic N) is 4. The van der Waals surface area contributed by atoms with E-state index in [9.17, 15) is 4.79 Å². The zero-order valence-electron chi connectivity index (χ0n) is 17.4. The van der Waals surface area contributed by atoms with Gasteiger partial charge in [-0.3, -0.25) is 14.7 Å². The van der Waals surface area contributed by atoms with Crippen LogP contribution in [0.15, 0.2) is 22.5 Å². The van der Waals surface area contributed by atoms with Crippen LogP contribution in [0.25, 0.3) is 0 Å². The maximum atomic E-state index is 12.5. The Bertz CT molecular complexity index is 619. The number of carbonyl (C=O) groups excluding carboxylic acids is 1. The van der Waals surface area contributed by atoms with E-state index < -0.39 is 0 Å². The molecule has 0 saturated carbocycles. The Morgan fingerprint density at radius 1 is 1.14 bits per heavy atom. The molecule has 6 nitrogen and oxygen atoms in total. The molecule has 2 aliphatic rings. The summed E-state index contributed by atoms with van der Waals surface area (Å²) in [6.45, 7) is 9.35. The minimum absolute atomic E-state index is 0.304. The number of carbonyl (C=O) groups is 1. The van der Waals surface area contributed by atoms with Gasteiger partial charge < -0.3 is 15.1 Å². The maximum absolute atomic E-state index is 12.5. The molecule has 156 valence electrons. The van der Waals surface area contributed by atoms with Gasteiger partial charge in [0.2, 0.25) is 5.91 Å². The van der Waals surface area contributed by atoms with Gasteiger partial charge in [0.25, 0.3) is 0 Å². The first kappa shape index (κ1) is 21.1. The van der Waals surface area contributed by atoms with Crippen LogP contribution in [-0.4, -0.2) is 86.0 Å². The van der Waals surface area contributed by atoms with Crippen molar-refractivity contribution in [1.29, 1.82) is 0 Å². The molecule has 1 N–H and O–H groups in total. The Kier molecular flexibility index (Phi) is 8.15. The van der Waals surface area contributed by atoms with Gasteiger partial charge in [0.15, 0.2) is 5.96 Å². The molecule has 1 aromatic rings. The molecule has 7 heteroatoms. The quantitative estimate of drug-likeness (QED) is 0.582. The third-order valence-electron chi connectivity index (χ3n) is 5.69. The van der Waals surface area contributed by atoms with E-state index in [1.807, 2.05) is 23.3 Å². The Labute approximate surface area is 173 Å². The number of rotatable bonds is 6. The van der Waals surface area contributed by atoms with Crippen LogP contribution in [0.1, 0.15) is 31.1 Å². The van der Waals surface area contributed by atoms with E-state index in [4.69, 9.17) is 0 Å². The highest BCUT2D eigenvalue weighted by Crippen LogP contribution is 2.14. The summed E-state index contributed by atoms with van der Waals surface area (Å²) >= 11 is 1.83. The van der Waals surface area contributed by atoms with E-state index in [-0.39, 0.29) is 0 Å². The van der Waals surface area contributed by atoms with Crippen molar-refractivity contribution >= 4 is 23.2 Å². The molecule has 1 amide bonds. The van der Waals surface area contributed by atoms with Crippen molar-refractivity contribution in [2.75, 3.05) is 59.4 Å². The molecule has 2 saturated heterocycles. The molecule has 3 rings (SSSR count). The van der Waals surface area contributed by atoms with Crippen molar-refractivity contribution in [2.24, 2.45) is 10.9 Å². The number of piperazine rings is 1. The molecule has 0 aromatic carbocycles. The fraction of sp³-hybridized carbons (Fsp3) is 0.714. The van der Waals surface area contributed by atoms with Crippen molar-refractivity contribution in [3.8, 4) is 0 Å². The third-order valence-corrected chi connectivity index (χ3v) is 6.59. The average Bonchev–Trinajstić information content (AvgIpc) is 3.23. The highest BCUT2D eigenvalue weighted by Gasteiger charge is 2.24. The number of nitrogens with one attached hydrogen (secondary N) is 1. The lowest BCUT2D eigenvalue weighted by Gasteiger charge is -2.37. The van der Waals surface area contributed by atoms with Crippen LogP contribution in [0.4, 0.5) is 0 Å². The zero-order chi connectivity index (χ0) is 19.8. The van der Waals surface area contributed by atoms with Gasteiger partial charge in [-0.2, -0.15) is 0 Å². The molecule has 1 unspecified atom stereocenters. The van der Waals surface area contributed by atoms with E-state index in [0.29, 0.717) is 18.4 Å². The van der Waals surface area contributed by atoms with Gasteiger partial charge in [-0.25, -0.2) is 0 Å². The highest BCUT2D eigenvalue weighted by molar-refractivity contribution is 7.09. The van der Waals surface area contributed by atoms with E-state index >= 15 is 0 Å². The summed E-state index contributed by atoms with van der Waals surface area (Å²) in [5.41, 5.74) is 0. The molecule has 28 heavy (non-hydrogen) atoms. The van der Waals surface area contributed by atoms with Gasteiger partial charge in [0.05, 0.1) is 6.54 Å². The fourth-order valence-corrected chi connectivity index (χ4v) is 4.86. The average molecular weight is 406 g/mol. The van der Waals surface area contributed by atoms with Crippen molar-refractivity contribution < 1.29 is 4.79 Å². The number of aliphatic imine (C=N–C) groups is 1. The highest BCUT2D eigenvalue weighted by atomic mass is 32.1. The minimum Gasteiger partial charge on any atom is -0.356 e. The molecule has 0 aliphatic carbocycles. The predicted molar refractivity (Wildman–Crippen MR) is 117 cm³/mol. The van der Waals surface area contributed by atoms with Crippen LogP contribution in [-0.2, 0) is 11.2 Å². The predicted octanol–water partition coefficient (Wildman–Crippen LogP) is 2.13.